The van der Waals surface area contributed by atoms with Gasteiger partial charge in [0.15, 0.2) is 0 Å². The molecule has 14 heavy (non-hydrogen) atoms. The summed E-state index contributed by atoms with van der Waals surface area (Å²) in [5.74, 6) is -0.226. The number of halogens is 2. The first-order valence-electron chi connectivity index (χ1n) is 4.57. The van der Waals surface area contributed by atoms with Gasteiger partial charge in [-0.05, 0) is 18.7 Å². The van der Waals surface area contributed by atoms with Gasteiger partial charge in [0.05, 0.1) is 0 Å². The van der Waals surface area contributed by atoms with Gasteiger partial charge in [-0.1, -0.05) is 28.9 Å². The molecule has 3 N–H and O–H groups in total. The zero-order valence-corrected chi connectivity index (χ0v) is 9.64. The number of hydrogen-bond donors (Lipinski definition) is 2. The van der Waals surface area contributed by atoms with Gasteiger partial charge in [-0.3, -0.25) is 0 Å². The van der Waals surface area contributed by atoms with E-state index in [4.69, 9.17) is 5.73 Å². The second-order valence-corrected chi connectivity index (χ2v) is 3.93. The molecule has 0 amide bonds. The summed E-state index contributed by atoms with van der Waals surface area (Å²) >= 11 is 3.21. The number of nitrogens with one attached hydrogen (secondary N) is 1. The van der Waals surface area contributed by atoms with Gasteiger partial charge >= 0.3 is 0 Å². The molecule has 0 saturated carbocycles. The van der Waals surface area contributed by atoms with E-state index < -0.39 is 0 Å². The van der Waals surface area contributed by atoms with Crippen molar-refractivity contribution < 1.29 is 4.39 Å². The van der Waals surface area contributed by atoms with Crippen LogP contribution in [0.4, 0.5) is 4.39 Å². The molecule has 0 radical (unpaired) electrons. The van der Waals surface area contributed by atoms with Crippen LogP contribution in [-0.4, -0.2) is 13.1 Å². The third-order valence-electron chi connectivity index (χ3n) is 2.02. The molecule has 1 atom stereocenters. The Bertz CT molecular complexity index is 304. The largest absolute Gasteiger partial charge is 0.329 e. The summed E-state index contributed by atoms with van der Waals surface area (Å²) in [5, 5.41) is 3.13. The highest BCUT2D eigenvalue weighted by molar-refractivity contribution is 9.10. The molecule has 0 fully saturated rings. The van der Waals surface area contributed by atoms with E-state index in [1.165, 1.54) is 6.07 Å². The minimum atomic E-state index is -0.226. The Morgan fingerprint density at radius 1 is 1.57 bits per heavy atom. The molecule has 0 aliphatic carbocycles. The van der Waals surface area contributed by atoms with E-state index in [1.807, 2.05) is 13.0 Å². The van der Waals surface area contributed by atoms with Gasteiger partial charge in [0.25, 0.3) is 0 Å². The summed E-state index contributed by atoms with van der Waals surface area (Å²) in [6.07, 6.45) is 0. The van der Waals surface area contributed by atoms with Crippen LogP contribution < -0.4 is 11.1 Å². The van der Waals surface area contributed by atoms with Crippen LogP contribution in [0.1, 0.15) is 18.5 Å². The highest BCUT2D eigenvalue weighted by atomic mass is 79.9. The summed E-state index contributed by atoms with van der Waals surface area (Å²) in [4.78, 5) is 0. The second kappa shape index (κ2) is 5.44. The molecule has 1 aromatic rings. The van der Waals surface area contributed by atoms with Crippen molar-refractivity contribution in [2.75, 3.05) is 13.1 Å². The Morgan fingerprint density at radius 2 is 2.29 bits per heavy atom. The third kappa shape index (κ3) is 2.77. The fourth-order valence-corrected chi connectivity index (χ4v) is 1.68. The quantitative estimate of drug-likeness (QED) is 0.872. The van der Waals surface area contributed by atoms with Crippen LogP contribution in [0, 0.1) is 5.82 Å². The lowest BCUT2D eigenvalue weighted by Crippen LogP contribution is -2.28. The average Bonchev–Trinajstić information content (AvgIpc) is 2.15. The Balaban J connectivity index is 2.92. The lowest BCUT2D eigenvalue weighted by atomic mass is 10.1. The molecule has 1 unspecified atom stereocenters. The molecule has 78 valence electrons. The Kier molecular flexibility index (Phi) is 4.51. The van der Waals surface area contributed by atoms with Gasteiger partial charge < -0.3 is 11.1 Å². The number of rotatable bonds is 4. The Labute approximate surface area is 91.8 Å². The molecule has 2 nitrogen and oxygen atoms in total. The summed E-state index contributed by atoms with van der Waals surface area (Å²) in [5.41, 5.74) is 6.18. The molecule has 0 aromatic heterocycles. The Morgan fingerprint density at radius 3 is 2.79 bits per heavy atom. The molecule has 1 rings (SSSR count). The van der Waals surface area contributed by atoms with E-state index in [1.54, 1.807) is 6.07 Å². The molecule has 0 aliphatic rings. The first-order valence-corrected chi connectivity index (χ1v) is 5.36. The fraction of sp³-hybridized carbons (Fsp3) is 0.400. The van der Waals surface area contributed by atoms with Crippen LogP contribution in [0.25, 0.3) is 0 Å². The van der Waals surface area contributed by atoms with Crippen molar-refractivity contribution in [3.63, 3.8) is 0 Å². The van der Waals surface area contributed by atoms with Gasteiger partial charge in [-0.2, -0.15) is 0 Å². The zero-order chi connectivity index (χ0) is 10.6. The molecule has 0 heterocycles. The van der Waals surface area contributed by atoms with Crippen LogP contribution in [0.3, 0.4) is 0 Å². The fourth-order valence-electron chi connectivity index (χ4n) is 1.35. The van der Waals surface area contributed by atoms with Crippen LogP contribution in [-0.2, 0) is 0 Å². The normalized spacial score (nSPS) is 12.9. The molecule has 0 aliphatic heterocycles. The topological polar surface area (TPSA) is 38.0 Å². The monoisotopic (exact) mass is 260 g/mol. The first kappa shape index (κ1) is 11.6. The van der Waals surface area contributed by atoms with Gasteiger partial charge in [0, 0.05) is 22.6 Å². The van der Waals surface area contributed by atoms with Crippen LogP contribution in [0.15, 0.2) is 22.7 Å². The highest BCUT2D eigenvalue weighted by Crippen LogP contribution is 2.20. The maximum Gasteiger partial charge on any atom is 0.129 e. The van der Waals surface area contributed by atoms with Gasteiger partial charge in [-0.25, -0.2) is 4.39 Å². The first-order chi connectivity index (χ1) is 6.69. The number of hydrogen-bond acceptors (Lipinski definition) is 2. The minimum Gasteiger partial charge on any atom is -0.329 e. The van der Waals surface area contributed by atoms with E-state index in [2.05, 4.69) is 21.2 Å². The van der Waals surface area contributed by atoms with Crippen LogP contribution in [0.2, 0.25) is 0 Å². The summed E-state index contributed by atoms with van der Waals surface area (Å²) in [7, 11) is 0. The number of benzene rings is 1. The van der Waals surface area contributed by atoms with Gasteiger partial charge in [0.1, 0.15) is 5.82 Å². The van der Waals surface area contributed by atoms with E-state index in [0.717, 1.165) is 11.0 Å². The van der Waals surface area contributed by atoms with Crippen molar-refractivity contribution in [3.05, 3.63) is 34.1 Å². The van der Waals surface area contributed by atoms with Crippen molar-refractivity contribution in [1.82, 2.24) is 5.32 Å². The van der Waals surface area contributed by atoms with Crippen molar-refractivity contribution in [1.29, 1.82) is 0 Å². The van der Waals surface area contributed by atoms with E-state index in [0.29, 0.717) is 12.1 Å². The SMILES string of the molecule is CCNC(CN)c1ccc(Br)cc1F. The number of likely N-dealkylation sites (N-methyl/N-ethyl adjacent to an activating group) is 1. The second-order valence-electron chi connectivity index (χ2n) is 3.01. The van der Waals surface area contributed by atoms with Crippen molar-refractivity contribution in [2.24, 2.45) is 5.73 Å². The van der Waals surface area contributed by atoms with Crippen LogP contribution >= 0.6 is 15.9 Å². The third-order valence-corrected chi connectivity index (χ3v) is 2.52. The van der Waals surface area contributed by atoms with E-state index >= 15 is 0 Å². The lowest BCUT2D eigenvalue weighted by molar-refractivity contribution is 0.518. The molecule has 4 heteroatoms. The van der Waals surface area contributed by atoms with E-state index in [-0.39, 0.29) is 11.9 Å². The summed E-state index contributed by atoms with van der Waals surface area (Å²) < 4.78 is 14.2. The summed E-state index contributed by atoms with van der Waals surface area (Å²) in [6, 6.07) is 4.92. The van der Waals surface area contributed by atoms with Gasteiger partial charge in [-0.15, -0.1) is 0 Å². The molecule has 1 aromatic carbocycles. The molecular weight excluding hydrogens is 247 g/mol. The molecular formula is C10H14BrFN2. The highest BCUT2D eigenvalue weighted by Gasteiger charge is 2.12. The molecule has 0 bridgehead atoms. The van der Waals surface area contributed by atoms with Crippen molar-refractivity contribution in [3.8, 4) is 0 Å². The van der Waals surface area contributed by atoms with Crippen molar-refractivity contribution in [2.45, 2.75) is 13.0 Å². The minimum absolute atomic E-state index is 0.104. The Hall–Kier alpha value is -0.450. The van der Waals surface area contributed by atoms with E-state index in [9.17, 15) is 4.39 Å². The van der Waals surface area contributed by atoms with Crippen LogP contribution in [0.5, 0.6) is 0 Å². The smallest absolute Gasteiger partial charge is 0.129 e. The van der Waals surface area contributed by atoms with Crippen molar-refractivity contribution >= 4 is 15.9 Å². The zero-order valence-electron chi connectivity index (χ0n) is 8.06. The maximum absolute atomic E-state index is 13.5. The average molecular weight is 261 g/mol. The molecule has 0 saturated heterocycles. The molecule has 0 spiro atoms. The predicted molar refractivity (Wildman–Crippen MR) is 59.6 cm³/mol. The predicted octanol–water partition coefficient (Wildman–Crippen LogP) is 2.20. The summed E-state index contributed by atoms with van der Waals surface area (Å²) in [6.45, 7) is 3.14. The van der Waals surface area contributed by atoms with Gasteiger partial charge in [0.2, 0.25) is 0 Å². The maximum atomic E-state index is 13.5. The number of nitrogens with two attached hydrogens (primary N) is 1. The standard InChI is InChI=1S/C10H14BrFN2/c1-2-14-10(6-13)8-4-3-7(11)5-9(8)12/h3-5,10,14H,2,6,13H2,1H3. The lowest BCUT2D eigenvalue weighted by Gasteiger charge is -2.16.